The molecule has 9 nitrogen and oxygen atoms in total. The minimum absolute atomic E-state index is 0.0605. The van der Waals surface area contributed by atoms with Crippen LogP contribution in [0.4, 0.5) is 11.7 Å². The van der Waals surface area contributed by atoms with Gasteiger partial charge in [-0.05, 0) is 60.7 Å². The topological polar surface area (TPSA) is 123 Å². The van der Waals surface area contributed by atoms with Gasteiger partial charge in [-0.15, -0.1) is 5.10 Å². The lowest BCUT2D eigenvalue weighted by Gasteiger charge is -2.08. The van der Waals surface area contributed by atoms with Crippen molar-refractivity contribution in [1.29, 1.82) is 0 Å². The quantitative estimate of drug-likeness (QED) is 0.439. The summed E-state index contributed by atoms with van der Waals surface area (Å²) in [5, 5.41) is 10.3. The summed E-state index contributed by atoms with van der Waals surface area (Å²) in [6.45, 7) is 0. The van der Waals surface area contributed by atoms with Gasteiger partial charge in [0.2, 0.25) is 5.89 Å². The second-order valence-electron chi connectivity index (χ2n) is 6.59. The first-order valence-corrected chi connectivity index (χ1v) is 10.9. The number of aromatic nitrogens is 2. The first-order chi connectivity index (χ1) is 15.4. The molecule has 4 rings (SSSR count). The van der Waals surface area contributed by atoms with E-state index in [9.17, 15) is 13.2 Å². The van der Waals surface area contributed by atoms with Crippen LogP contribution in [-0.4, -0.2) is 31.6 Å². The highest BCUT2D eigenvalue weighted by Crippen LogP contribution is 2.23. The van der Waals surface area contributed by atoms with Crippen molar-refractivity contribution >= 4 is 27.6 Å². The Balaban J connectivity index is 1.41. The monoisotopic (exact) mass is 450 g/mol. The Morgan fingerprint density at radius 1 is 0.906 bits per heavy atom. The third kappa shape index (κ3) is 4.76. The van der Waals surface area contributed by atoms with E-state index in [2.05, 4.69) is 20.2 Å². The van der Waals surface area contributed by atoms with Crippen molar-refractivity contribution in [2.75, 3.05) is 17.1 Å². The summed E-state index contributed by atoms with van der Waals surface area (Å²) in [5.41, 5.74) is 1.29. The normalized spacial score (nSPS) is 11.0. The maximum Gasteiger partial charge on any atom is 0.322 e. The molecule has 4 aromatic rings. The zero-order valence-electron chi connectivity index (χ0n) is 16.8. The van der Waals surface area contributed by atoms with Crippen molar-refractivity contribution in [3.63, 3.8) is 0 Å². The number of carbonyl (C=O) groups is 1. The third-order valence-electron chi connectivity index (χ3n) is 4.44. The van der Waals surface area contributed by atoms with Crippen LogP contribution in [0.25, 0.3) is 11.5 Å². The smallest absolute Gasteiger partial charge is 0.322 e. The van der Waals surface area contributed by atoms with E-state index >= 15 is 0 Å². The van der Waals surface area contributed by atoms with Gasteiger partial charge in [0.05, 0.1) is 12.0 Å². The van der Waals surface area contributed by atoms with Crippen LogP contribution in [0, 0.1) is 0 Å². The highest BCUT2D eigenvalue weighted by atomic mass is 32.2. The molecule has 3 aromatic carbocycles. The molecule has 0 spiro atoms. The van der Waals surface area contributed by atoms with E-state index in [0.29, 0.717) is 17.0 Å². The molecule has 1 amide bonds. The molecule has 0 atom stereocenters. The van der Waals surface area contributed by atoms with E-state index in [4.69, 9.17) is 9.15 Å². The van der Waals surface area contributed by atoms with Gasteiger partial charge in [0.15, 0.2) is 0 Å². The first kappa shape index (κ1) is 21.1. The highest BCUT2D eigenvalue weighted by Gasteiger charge is 2.15. The standard InChI is InChI=1S/C22H18N4O5S/c1-30-18-13-9-16(10-14-18)21-24-25-22(31-21)23-20(27)15-7-11-17(12-8-15)26-32(28,29)19-5-3-2-4-6-19/h2-14,26H,1H3,(H,23,25,27). The van der Waals surface area contributed by atoms with Gasteiger partial charge in [0, 0.05) is 16.8 Å². The maximum absolute atomic E-state index is 12.5. The summed E-state index contributed by atoms with van der Waals surface area (Å²) in [7, 11) is -2.15. The van der Waals surface area contributed by atoms with E-state index in [1.165, 1.54) is 36.4 Å². The molecule has 0 aliphatic heterocycles. The van der Waals surface area contributed by atoms with Gasteiger partial charge < -0.3 is 9.15 Å². The highest BCUT2D eigenvalue weighted by molar-refractivity contribution is 7.92. The van der Waals surface area contributed by atoms with Crippen molar-refractivity contribution in [2.24, 2.45) is 0 Å². The lowest BCUT2D eigenvalue weighted by molar-refractivity contribution is 0.102. The Morgan fingerprint density at radius 3 is 2.25 bits per heavy atom. The third-order valence-corrected chi connectivity index (χ3v) is 5.83. The number of methoxy groups -OCH3 is 1. The lowest BCUT2D eigenvalue weighted by Crippen LogP contribution is -2.14. The average Bonchev–Trinajstić information content (AvgIpc) is 3.28. The van der Waals surface area contributed by atoms with Crippen LogP contribution in [0.2, 0.25) is 0 Å². The average molecular weight is 450 g/mol. The zero-order valence-corrected chi connectivity index (χ0v) is 17.7. The molecule has 0 unspecified atom stereocenters. The van der Waals surface area contributed by atoms with Gasteiger partial charge in [-0.1, -0.05) is 23.3 Å². The number of hydrogen-bond acceptors (Lipinski definition) is 7. The number of anilines is 2. The molecular weight excluding hydrogens is 432 g/mol. The van der Waals surface area contributed by atoms with Crippen LogP contribution in [0.15, 0.2) is 88.2 Å². The van der Waals surface area contributed by atoms with E-state index < -0.39 is 15.9 Å². The van der Waals surface area contributed by atoms with Crippen molar-refractivity contribution < 1.29 is 22.4 Å². The fourth-order valence-electron chi connectivity index (χ4n) is 2.80. The van der Waals surface area contributed by atoms with Gasteiger partial charge in [-0.25, -0.2) is 8.42 Å². The number of ether oxygens (including phenoxy) is 1. The van der Waals surface area contributed by atoms with Crippen LogP contribution >= 0.6 is 0 Å². The number of nitrogens with one attached hydrogen (secondary N) is 2. The molecule has 0 saturated heterocycles. The number of benzene rings is 3. The molecule has 1 heterocycles. The largest absolute Gasteiger partial charge is 0.497 e. The van der Waals surface area contributed by atoms with Gasteiger partial charge >= 0.3 is 6.01 Å². The van der Waals surface area contributed by atoms with E-state index in [0.717, 1.165) is 0 Å². The Hall–Kier alpha value is -4.18. The summed E-state index contributed by atoms with van der Waals surface area (Å²) in [5.74, 6) is 0.456. The maximum atomic E-state index is 12.5. The summed E-state index contributed by atoms with van der Waals surface area (Å²) in [6, 6.07) is 20.9. The molecule has 10 heteroatoms. The molecular formula is C22H18N4O5S. The van der Waals surface area contributed by atoms with Crippen LogP contribution in [0.1, 0.15) is 10.4 Å². The van der Waals surface area contributed by atoms with E-state index in [-0.39, 0.29) is 22.4 Å². The number of nitrogens with zero attached hydrogens (tertiary/aromatic N) is 2. The summed E-state index contributed by atoms with van der Waals surface area (Å²) >= 11 is 0. The number of sulfonamides is 1. The summed E-state index contributed by atoms with van der Waals surface area (Å²) < 4.78 is 37.8. The predicted octanol–water partition coefficient (Wildman–Crippen LogP) is 3.80. The van der Waals surface area contributed by atoms with Crippen molar-refractivity contribution in [2.45, 2.75) is 4.90 Å². The van der Waals surface area contributed by atoms with Gasteiger partial charge in [-0.3, -0.25) is 14.8 Å². The van der Waals surface area contributed by atoms with Crippen molar-refractivity contribution in [1.82, 2.24) is 10.2 Å². The number of amides is 1. The Kier molecular flexibility index (Phi) is 5.86. The number of carbonyl (C=O) groups excluding carboxylic acids is 1. The fraction of sp³-hybridized carbons (Fsp3) is 0.0455. The molecule has 2 N–H and O–H groups in total. The van der Waals surface area contributed by atoms with Crippen LogP contribution in [0.3, 0.4) is 0 Å². The lowest BCUT2D eigenvalue weighted by atomic mass is 10.2. The van der Waals surface area contributed by atoms with Crippen molar-refractivity contribution in [3.05, 3.63) is 84.4 Å². The first-order valence-electron chi connectivity index (χ1n) is 9.42. The molecule has 0 fully saturated rings. The van der Waals surface area contributed by atoms with Crippen molar-refractivity contribution in [3.8, 4) is 17.2 Å². The predicted molar refractivity (Wildman–Crippen MR) is 118 cm³/mol. The molecule has 32 heavy (non-hydrogen) atoms. The summed E-state index contributed by atoms with van der Waals surface area (Å²) in [4.78, 5) is 12.6. The number of hydrogen-bond donors (Lipinski definition) is 2. The molecule has 0 aliphatic carbocycles. The number of rotatable bonds is 7. The SMILES string of the molecule is COc1ccc(-c2nnc(NC(=O)c3ccc(NS(=O)(=O)c4ccccc4)cc3)o2)cc1. The van der Waals surface area contributed by atoms with Gasteiger partial charge in [-0.2, -0.15) is 0 Å². The van der Waals surface area contributed by atoms with Crippen LogP contribution in [0.5, 0.6) is 5.75 Å². The van der Waals surface area contributed by atoms with E-state index in [1.807, 2.05) is 0 Å². The zero-order chi connectivity index (χ0) is 22.6. The second-order valence-corrected chi connectivity index (χ2v) is 8.27. The second kappa shape index (κ2) is 8.90. The van der Waals surface area contributed by atoms with Gasteiger partial charge in [0.25, 0.3) is 15.9 Å². The molecule has 0 radical (unpaired) electrons. The molecule has 0 bridgehead atoms. The molecule has 0 saturated carbocycles. The Morgan fingerprint density at radius 2 is 1.59 bits per heavy atom. The summed E-state index contributed by atoms with van der Waals surface area (Å²) in [6.07, 6.45) is 0. The Labute approximate surface area is 184 Å². The minimum Gasteiger partial charge on any atom is -0.497 e. The van der Waals surface area contributed by atoms with Gasteiger partial charge in [0.1, 0.15) is 5.75 Å². The minimum atomic E-state index is -3.71. The van der Waals surface area contributed by atoms with Crippen LogP contribution < -0.4 is 14.8 Å². The molecule has 1 aromatic heterocycles. The van der Waals surface area contributed by atoms with E-state index in [1.54, 1.807) is 49.6 Å². The fourth-order valence-corrected chi connectivity index (χ4v) is 3.88. The Bertz CT molecular complexity index is 1320. The molecule has 0 aliphatic rings. The van der Waals surface area contributed by atoms with Crippen LogP contribution in [-0.2, 0) is 10.0 Å². The molecule has 162 valence electrons.